The van der Waals surface area contributed by atoms with E-state index >= 15 is 0 Å². The Hall–Kier alpha value is -1.73. The first-order valence-electron chi connectivity index (χ1n) is 6.09. The van der Waals surface area contributed by atoms with E-state index in [1.54, 1.807) is 13.2 Å². The van der Waals surface area contributed by atoms with Gasteiger partial charge in [0.1, 0.15) is 12.1 Å². The summed E-state index contributed by atoms with van der Waals surface area (Å²) in [6.45, 7) is 1.42. The number of nitrogens with two attached hydrogens (primary N) is 1. The van der Waals surface area contributed by atoms with Crippen LogP contribution in [0.4, 0.5) is 5.82 Å². The molecule has 0 spiro atoms. The minimum atomic E-state index is -0.472. The van der Waals surface area contributed by atoms with Gasteiger partial charge in [0, 0.05) is 32.3 Å². The van der Waals surface area contributed by atoms with E-state index in [1.165, 1.54) is 13.4 Å². The van der Waals surface area contributed by atoms with Crippen molar-refractivity contribution in [2.45, 2.75) is 18.6 Å². The van der Waals surface area contributed by atoms with E-state index in [0.29, 0.717) is 12.4 Å². The molecular formula is C12H18N4O3. The predicted octanol–water partition coefficient (Wildman–Crippen LogP) is -0.184. The number of esters is 1. The van der Waals surface area contributed by atoms with E-state index in [-0.39, 0.29) is 17.8 Å². The van der Waals surface area contributed by atoms with Crippen LogP contribution in [-0.2, 0) is 9.47 Å². The van der Waals surface area contributed by atoms with Crippen LogP contribution < -0.4 is 10.6 Å². The molecule has 1 aromatic heterocycles. The third-order valence-electron chi connectivity index (χ3n) is 3.28. The van der Waals surface area contributed by atoms with Crippen LogP contribution in [0.1, 0.15) is 16.9 Å². The fourth-order valence-electron chi connectivity index (χ4n) is 2.13. The van der Waals surface area contributed by atoms with Crippen LogP contribution in [0.25, 0.3) is 0 Å². The number of aromatic nitrogens is 2. The molecule has 104 valence electrons. The zero-order chi connectivity index (χ0) is 13.8. The molecule has 0 radical (unpaired) electrons. The number of rotatable bonds is 3. The van der Waals surface area contributed by atoms with Crippen LogP contribution in [0, 0.1) is 0 Å². The minimum Gasteiger partial charge on any atom is -0.464 e. The van der Waals surface area contributed by atoms with Gasteiger partial charge in [-0.2, -0.15) is 0 Å². The SMILES string of the molecule is COC(=O)c1cc(N2CC[C@H](N)[C@H](OC)C2)ncn1. The molecule has 1 fully saturated rings. The van der Waals surface area contributed by atoms with Crippen LogP contribution >= 0.6 is 0 Å². The molecule has 0 saturated carbocycles. The maximum absolute atomic E-state index is 11.4. The van der Waals surface area contributed by atoms with Gasteiger partial charge in [0.2, 0.25) is 0 Å². The first kappa shape index (κ1) is 13.7. The third-order valence-corrected chi connectivity index (χ3v) is 3.28. The van der Waals surface area contributed by atoms with Crippen molar-refractivity contribution in [2.75, 3.05) is 32.2 Å². The van der Waals surface area contributed by atoms with Crippen LogP contribution in [0.5, 0.6) is 0 Å². The first-order valence-corrected chi connectivity index (χ1v) is 6.09. The first-order chi connectivity index (χ1) is 9.15. The Kier molecular flexibility index (Phi) is 4.28. The maximum Gasteiger partial charge on any atom is 0.356 e. The molecule has 1 aliphatic rings. The molecule has 7 nitrogen and oxygen atoms in total. The summed E-state index contributed by atoms with van der Waals surface area (Å²) in [5.41, 5.74) is 6.22. The molecular weight excluding hydrogens is 248 g/mol. The summed E-state index contributed by atoms with van der Waals surface area (Å²) in [5.74, 6) is 0.213. The maximum atomic E-state index is 11.4. The van der Waals surface area contributed by atoms with Crippen LogP contribution in [0.3, 0.4) is 0 Å². The van der Waals surface area contributed by atoms with Gasteiger partial charge in [0.15, 0.2) is 5.69 Å². The molecule has 1 aromatic rings. The van der Waals surface area contributed by atoms with E-state index in [0.717, 1.165) is 13.0 Å². The van der Waals surface area contributed by atoms with Gasteiger partial charge in [-0.1, -0.05) is 0 Å². The number of piperidine rings is 1. The highest BCUT2D eigenvalue weighted by Gasteiger charge is 2.27. The molecule has 0 amide bonds. The highest BCUT2D eigenvalue weighted by Crippen LogP contribution is 2.19. The monoisotopic (exact) mass is 266 g/mol. The average Bonchev–Trinajstić information content (AvgIpc) is 2.47. The van der Waals surface area contributed by atoms with Crippen molar-refractivity contribution < 1.29 is 14.3 Å². The number of hydrogen-bond acceptors (Lipinski definition) is 7. The van der Waals surface area contributed by atoms with Crippen molar-refractivity contribution in [2.24, 2.45) is 5.73 Å². The van der Waals surface area contributed by atoms with Crippen molar-refractivity contribution >= 4 is 11.8 Å². The number of anilines is 1. The third kappa shape index (κ3) is 2.99. The van der Waals surface area contributed by atoms with Crippen molar-refractivity contribution in [3.05, 3.63) is 18.1 Å². The van der Waals surface area contributed by atoms with Crippen molar-refractivity contribution in [1.29, 1.82) is 0 Å². The van der Waals surface area contributed by atoms with Crippen LogP contribution in [0.2, 0.25) is 0 Å². The highest BCUT2D eigenvalue weighted by atomic mass is 16.5. The Morgan fingerprint density at radius 1 is 1.47 bits per heavy atom. The Labute approximate surface area is 111 Å². The van der Waals surface area contributed by atoms with Crippen molar-refractivity contribution in [1.82, 2.24) is 9.97 Å². The average molecular weight is 266 g/mol. The molecule has 2 heterocycles. The van der Waals surface area contributed by atoms with Crippen LogP contribution in [-0.4, -0.2) is 55.4 Å². The molecule has 1 aliphatic heterocycles. The molecule has 0 unspecified atom stereocenters. The van der Waals surface area contributed by atoms with Gasteiger partial charge in [-0.15, -0.1) is 0 Å². The summed E-state index contributed by atoms with van der Waals surface area (Å²) in [6.07, 6.45) is 2.14. The Morgan fingerprint density at radius 2 is 2.26 bits per heavy atom. The largest absolute Gasteiger partial charge is 0.464 e. The summed E-state index contributed by atoms with van der Waals surface area (Å²) in [7, 11) is 2.97. The van der Waals surface area contributed by atoms with Gasteiger partial charge in [-0.25, -0.2) is 14.8 Å². The number of nitrogens with zero attached hydrogens (tertiary/aromatic N) is 3. The van der Waals surface area contributed by atoms with Gasteiger partial charge < -0.3 is 20.1 Å². The van der Waals surface area contributed by atoms with Gasteiger partial charge in [0.25, 0.3) is 0 Å². The van der Waals surface area contributed by atoms with Crippen molar-refractivity contribution in [3.63, 3.8) is 0 Å². The number of hydrogen-bond donors (Lipinski definition) is 1. The normalized spacial score (nSPS) is 23.2. The highest BCUT2D eigenvalue weighted by molar-refractivity contribution is 5.87. The minimum absolute atomic E-state index is 0.0307. The number of ether oxygens (including phenoxy) is 2. The van der Waals surface area contributed by atoms with E-state index < -0.39 is 5.97 Å². The fourth-order valence-corrected chi connectivity index (χ4v) is 2.13. The second kappa shape index (κ2) is 5.94. The van der Waals surface area contributed by atoms with E-state index in [9.17, 15) is 4.79 Å². The molecule has 19 heavy (non-hydrogen) atoms. The second-order valence-corrected chi connectivity index (χ2v) is 4.43. The van der Waals surface area contributed by atoms with E-state index in [4.69, 9.17) is 10.5 Å². The summed E-state index contributed by atoms with van der Waals surface area (Å²) < 4.78 is 10.00. The smallest absolute Gasteiger partial charge is 0.356 e. The lowest BCUT2D eigenvalue weighted by molar-refractivity contribution is 0.0593. The topological polar surface area (TPSA) is 90.6 Å². The molecule has 7 heteroatoms. The van der Waals surface area contributed by atoms with Crippen molar-refractivity contribution in [3.8, 4) is 0 Å². The molecule has 0 bridgehead atoms. The molecule has 0 aliphatic carbocycles. The quantitative estimate of drug-likeness (QED) is 0.758. The second-order valence-electron chi connectivity index (χ2n) is 4.43. The van der Waals surface area contributed by atoms with E-state index in [2.05, 4.69) is 14.7 Å². The lowest BCUT2D eigenvalue weighted by atomic mass is 10.0. The number of methoxy groups -OCH3 is 2. The summed E-state index contributed by atoms with van der Waals surface area (Å²) in [6, 6.07) is 1.65. The summed E-state index contributed by atoms with van der Waals surface area (Å²) in [4.78, 5) is 21.6. The number of carbonyl (C=O) groups is 1. The molecule has 0 aromatic carbocycles. The molecule has 2 N–H and O–H groups in total. The Bertz CT molecular complexity index is 454. The lowest BCUT2D eigenvalue weighted by Gasteiger charge is -2.36. The van der Waals surface area contributed by atoms with Gasteiger partial charge in [0.05, 0.1) is 13.2 Å². The zero-order valence-electron chi connectivity index (χ0n) is 11.1. The van der Waals surface area contributed by atoms with Gasteiger partial charge >= 0.3 is 5.97 Å². The zero-order valence-corrected chi connectivity index (χ0v) is 11.1. The molecule has 2 atom stereocenters. The summed E-state index contributed by atoms with van der Waals surface area (Å²) >= 11 is 0. The molecule has 2 rings (SSSR count). The summed E-state index contributed by atoms with van der Waals surface area (Å²) in [5, 5.41) is 0. The van der Waals surface area contributed by atoms with Gasteiger partial charge in [-0.05, 0) is 6.42 Å². The predicted molar refractivity (Wildman–Crippen MR) is 69.0 cm³/mol. The van der Waals surface area contributed by atoms with E-state index in [1.807, 2.05) is 4.90 Å². The van der Waals surface area contributed by atoms with Gasteiger partial charge in [-0.3, -0.25) is 0 Å². The van der Waals surface area contributed by atoms with Crippen LogP contribution in [0.15, 0.2) is 12.4 Å². The Balaban J connectivity index is 2.15. The lowest BCUT2D eigenvalue weighted by Crippen LogP contribution is -2.51. The standard InChI is InChI=1S/C12H18N4O3/c1-18-10-6-16(4-3-8(10)13)11-5-9(12(17)19-2)14-7-15-11/h5,7-8,10H,3-4,6,13H2,1-2H3/t8-,10+/m0/s1. The fraction of sp³-hybridized carbons (Fsp3) is 0.583. The number of carbonyl (C=O) groups excluding carboxylic acids is 1. The Morgan fingerprint density at radius 3 is 2.95 bits per heavy atom. The molecule has 1 saturated heterocycles.